The first kappa shape index (κ1) is 15.8. The highest BCUT2D eigenvalue weighted by atomic mass is 16.6. The van der Waals surface area contributed by atoms with Crippen molar-refractivity contribution in [2.45, 2.75) is 31.4 Å². The SMILES string of the molecule is O=C(NC[C@H]1COc2ccccc2O1)N[C@@H]1CCCc2ccccc21. The Morgan fingerprint density at radius 2 is 1.88 bits per heavy atom. The van der Waals surface area contributed by atoms with Gasteiger partial charge >= 0.3 is 6.03 Å². The zero-order valence-corrected chi connectivity index (χ0v) is 14.0. The molecule has 2 atom stereocenters. The first-order chi connectivity index (χ1) is 12.3. The van der Waals surface area contributed by atoms with Crippen LogP contribution in [0.4, 0.5) is 4.79 Å². The fourth-order valence-corrected chi connectivity index (χ4v) is 3.48. The maximum Gasteiger partial charge on any atom is 0.315 e. The van der Waals surface area contributed by atoms with Crippen LogP contribution in [-0.4, -0.2) is 25.3 Å². The number of rotatable bonds is 3. The second kappa shape index (κ2) is 7.05. The van der Waals surface area contributed by atoms with Crippen molar-refractivity contribution in [1.29, 1.82) is 0 Å². The molecule has 130 valence electrons. The van der Waals surface area contributed by atoms with Crippen LogP contribution in [0.2, 0.25) is 0 Å². The standard InChI is InChI=1S/C20H22N2O3/c23-20(22-17-9-5-7-14-6-1-2-8-16(14)17)21-12-15-13-24-18-10-3-4-11-19(18)25-15/h1-4,6,8,10-11,15,17H,5,7,9,12-13H2,(H2,21,22,23)/t15-,17+/m0/s1. The molecule has 1 heterocycles. The molecule has 2 aromatic rings. The fourth-order valence-electron chi connectivity index (χ4n) is 3.48. The van der Waals surface area contributed by atoms with E-state index in [-0.39, 0.29) is 18.2 Å². The molecule has 2 N–H and O–H groups in total. The molecule has 2 amide bonds. The van der Waals surface area contributed by atoms with Gasteiger partial charge in [-0.25, -0.2) is 4.79 Å². The highest BCUT2D eigenvalue weighted by Gasteiger charge is 2.23. The van der Waals surface area contributed by atoms with E-state index in [2.05, 4.69) is 28.8 Å². The third-order valence-corrected chi connectivity index (χ3v) is 4.73. The second-order valence-corrected chi connectivity index (χ2v) is 6.50. The molecule has 1 aliphatic heterocycles. The molecule has 0 fully saturated rings. The number of nitrogens with one attached hydrogen (secondary N) is 2. The summed E-state index contributed by atoms with van der Waals surface area (Å²) >= 11 is 0. The van der Waals surface area contributed by atoms with Crippen molar-refractivity contribution in [3.05, 3.63) is 59.7 Å². The molecule has 2 aromatic carbocycles. The highest BCUT2D eigenvalue weighted by Crippen LogP contribution is 2.31. The van der Waals surface area contributed by atoms with Crippen LogP contribution in [0.1, 0.15) is 30.0 Å². The number of para-hydroxylation sites is 2. The van der Waals surface area contributed by atoms with Crippen LogP contribution in [-0.2, 0) is 6.42 Å². The van der Waals surface area contributed by atoms with E-state index in [1.54, 1.807) is 0 Å². The molecule has 0 unspecified atom stereocenters. The number of hydrogen-bond donors (Lipinski definition) is 2. The van der Waals surface area contributed by atoms with Gasteiger partial charge in [0.05, 0.1) is 12.6 Å². The lowest BCUT2D eigenvalue weighted by Gasteiger charge is -2.28. The van der Waals surface area contributed by atoms with E-state index < -0.39 is 0 Å². The van der Waals surface area contributed by atoms with Crippen LogP contribution in [0, 0.1) is 0 Å². The summed E-state index contributed by atoms with van der Waals surface area (Å²) in [6.45, 7) is 0.845. The first-order valence-electron chi connectivity index (χ1n) is 8.80. The number of hydrogen-bond acceptors (Lipinski definition) is 3. The lowest BCUT2D eigenvalue weighted by molar-refractivity contribution is 0.0917. The quantitative estimate of drug-likeness (QED) is 0.903. The molecular formula is C20H22N2O3. The van der Waals surface area contributed by atoms with Crippen molar-refractivity contribution < 1.29 is 14.3 Å². The molecule has 1 aliphatic carbocycles. The number of aryl methyl sites for hydroxylation is 1. The van der Waals surface area contributed by atoms with E-state index in [0.717, 1.165) is 30.8 Å². The van der Waals surface area contributed by atoms with Gasteiger partial charge in [0.2, 0.25) is 0 Å². The smallest absolute Gasteiger partial charge is 0.315 e. The Hall–Kier alpha value is -2.69. The second-order valence-electron chi connectivity index (χ2n) is 6.50. The van der Waals surface area contributed by atoms with Gasteiger partial charge in [0.15, 0.2) is 17.6 Å². The van der Waals surface area contributed by atoms with Gasteiger partial charge in [0.25, 0.3) is 0 Å². The van der Waals surface area contributed by atoms with E-state index in [4.69, 9.17) is 9.47 Å². The Balaban J connectivity index is 1.31. The minimum Gasteiger partial charge on any atom is -0.486 e. The van der Waals surface area contributed by atoms with Crippen LogP contribution in [0.5, 0.6) is 11.5 Å². The van der Waals surface area contributed by atoms with Gasteiger partial charge in [-0.05, 0) is 42.5 Å². The summed E-state index contributed by atoms with van der Waals surface area (Å²) in [5.41, 5.74) is 2.56. The Morgan fingerprint density at radius 1 is 1.08 bits per heavy atom. The van der Waals surface area contributed by atoms with Gasteiger partial charge in [-0.3, -0.25) is 0 Å². The average molecular weight is 338 g/mol. The molecule has 4 rings (SSSR count). The number of carbonyl (C=O) groups excluding carboxylic acids is 1. The lowest BCUT2D eigenvalue weighted by Crippen LogP contribution is -2.45. The number of amides is 2. The highest BCUT2D eigenvalue weighted by molar-refractivity contribution is 5.74. The number of ether oxygens (including phenoxy) is 2. The number of carbonyl (C=O) groups is 1. The molecule has 0 radical (unpaired) electrons. The van der Waals surface area contributed by atoms with Crippen LogP contribution >= 0.6 is 0 Å². The molecule has 0 aromatic heterocycles. The zero-order chi connectivity index (χ0) is 17.1. The number of benzene rings is 2. The van der Waals surface area contributed by atoms with Crippen molar-refractivity contribution in [2.75, 3.05) is 13.2 Å². The van der Waals surface area contributed by atoms with E-state index in [1.807, 2.05) is 30.3 Å². The summed E-state index contributed by atoms with van der Waals surface area (Å²) in [7, 11) is 0. The molecule has 0 saturated carbocycles. The molecule has 0 saturated heterocycles. The van der Waals surface area contributed by atoms with Gasteiger partial charge in [0, 0.05) is 0 Å². The summed E-state index contributed by atoms with van der Waals surface area (Å²) in [6.07, 6.45) is 2.97. The zero-order valence-electron chi connectivity index (χ0n) is 14.0. The van der Waals surface area contributed by atoms with Crippen LogP contribution in [0.3, 0.4) is 0 Å². The lowest BCUT2D eigenvalue weighted by atomic mass is 9.88. The van der Waals surface area contributed by atoms with Crippen LogP contribution in [0.25, 0.3) is 0 Å². The Kier molecular flexibility index (Phi) is 4.46. The van der Waals surface area contributed by atoms with E-state index in [0.29, 0.717) is 13.2 Å². The van der Waals surface area contributed by atoms with E-state index >= 15 is 0 Å². The molecule has 5 heteroatoms. The molecule has 2 aliphatic rings. The van der Waals surface area contributed by atoms with Gasteiger partial charge < -0.3 is 20.1 Å². The molecular weight excluding hydrogens is 316 g/mol. The van der Waals surface area contributed by atoms with Crippen molar-refractivity contribution >= 4 is 6.03 Å². The van der Waals surface area contributed by atoms with Crippen molar-refractivity contribution in [1.82, 2.24) is 10.6 Å². The fraction of sp³-hybridized carbons (Fsp3) is 0.350. The Bertz CT molecular complexity index is 762. The van der Waals surface area contributed by atoms with Crippen molar-refractivity contribution in [2.24, 2.45) is 0 Å². The molecule has 0 spiro atoms. The summed E-state index contributed by atoms with van der Waals surface area (Å²) in [5.74, 6) is 1.48. The third-order valence-electron chi connectivity index (χ3n) is 4.73. The summed E-state index contributed by atoms with van der Waals surface area (Å²) in [4.78, 5) is 12.3. The van der Waals surface area contributed by atoms with Crippen LogP contribution in [0.15, 0.2) is 48.5 Å². The summed E-state index contributed by atoms with van der Waals surface area (Å²) < 4.78 is 11.5. The van der Waals surface area contributed by atoms with Gasteiger partial charge in [-0.15, -0.1) is 0 Å². The normalized spacial score (nSPS) is 21.1. The molecule has 5 nitrogen and oxygen atoms in total. The Morgan fingerprint density at radius 3 is 2.80 bits per heavy atom. The minimum atomic E-state index is -0.181. The average Bonchev–Trinajstić information content (AvgIpc) is 2.66. The third kappa shape index (κ3) is 3.55. The minimum absolute atomic E-state index is 0.0780. The number of fused-ring (bicyclic) bond motifs is 2. The predicted molar refractivity (Wildman–Crippen MR) is 95.0 cm³/mol. The van der Waals surface area contributed by atoms with E-state index in [9.17, 15) is 4.79 Å². The summed E-state index contributed by atoms with van der Waals surface area (Å²) in [5, 5.41) is 5.99. The first-order valence-corrected chi connectivity index (χ1v) is 8.80. The van der Waals surface area contributed by atoms with Gasteiger partial charge in [-0.2, -0.15) is 0 Å². The largest absolute Gasteiger partial charge is 0.486 e. The predicted octanol–water partition coefficient (Wildman–Crippen LogP) is 3.20. The number of urea groups is 1. The molecule has 0 bridgehead atoms. The van der Waals surface area contributed by atoms with Gasteiger partial charge in [-0.1, -0.05) is 36.4 Å². The summed E-state index contributed by atoms with van der Waals surface area (Å²) in [6, 6.07) is 15.8. The monoisotopic (exact) mass is 338 g/mol. The topological polar surface area (TPSA) is 59.6 Å². The van der Waals surface area contributed by atoms with Crippen molar-refractivity contribution in [3.63, 3.8) is 0 Å². The molecule has 25 heavy (non-hydrogen) atoms. The maximum absolute atomic E-state index is 12.3. The maximum atomic E-state index is 12.3. The van der Waals surface area contributed by atoms with E-state index in [1.165, 1.54) is 11.1 Å². The van der Waals surface area contributed by atoms with Crippen LogP contribution < -0.4 is 20.1 Å². The Labute approximate surface area is 147 Å². The van der Waals surface area contributed by atoms with Crippen molar-refractivity contribution in [3.8, 4) is 11.5 Å². The van der Waals surface area contributed by atoms with Gasteiger partial charge in [0.1, 0.15) is 6.61 Å².